The summed E-state index contributed by atoms with van der Waals surface area (Å²) >= 11 is 5.89. The lowest BCUT2D eigenvalue weighted by molar-refractivity contribution is 0.302. The average molecular weight is 359 g/mol. The molecule has 0 saturated heterocycles. The van der Waals surface area contributed by atoms with Gasteiger partial charge in [-0.25, -0.2) is 4.98 Å². The van der Waals surface area contributed by atoms with Crippen molar-refractivity contribution in [2.75, 3.05) is 24.6 Å². The fourth-order valence-electron chi connectivity index (χ4n) is 2.48. The van der Waals surface area contributed by atoms with Crippen molar-refractivity contribution in [3.63, 3.8) is 0 Å². The molecule has 0 bridgehead atoms. The highest BCUT2D eigenvalue weighted by atomic mass is 35.5. The first-order valence-corrected chi connectivity index (χ1v) is 8.46. The van der Waals surface area contributed by atoms with Gasteiger partial charge in [-0.3, -0.25) is 0 Å². The number of aliphatic hydroxyl groups excluding tert-OH is 1. The Bertz CT molecular complexity index is 803. The third kappa shape index (κ3) is 4.35. The Morgan fingerprint density at radius 1 is 1.16 bits per heavy atom. The summed E-state index contributed by atoms with van der Waals surface area (Å²) in [5, 5.41) is 13.8. The maximum Gasteiger partial charge on any atom is 0.259 e. The van der Waals surface area contributed by atoms with Crippen LogP contribution in [0.4, 0.5) is 5.82 Å². The number of halogens is 1. The number of anilines is 1. The van der Waals surface area contributed by atoms with E-state index in [-0.39, 0.29) is 6.61 Å². The van der Waals surface area contributed by atoms with E-state index in [1.54, 1.807) is 6.20 Å². The largest absolute Gasteiger partial charge is 0.395 e. The van der Waals surface area contributed by atoms with Crippen LogP contribution in [0.5, 0.6) is 0 Å². The first kappa shape index (κ1) is 17.4. The number of nitrogens with zero attached hydrogens (tertiary/aromatic N) is 4. The fourth-order valence-corrected chi connectivity index (χ4v) is 2.61. The molecule has 7 heteroatoms. The van der Waals surface area contributed by atoms with Gasteiger partial charge in [-0.2, -0.15) is 4.98 Å². The van der Waals surface area contributed by atoms with Gasteiger partial charge in [0.15, 0.2) is 5.82 Å². The predicted octanol–water partition coefficient (Wildman–Crippen LogP) is 3.19. The van der Waals surface area contributed by atoms with Crippen LogP contribution in [-0.4, -0.2) is 39.9 Å². The molecule has 0 unspecified atom stereocenters. The Balaban J connectivity index is 1.72. The summed E-state index contributed by atoms with van der Waals surface area (Å²) in [7, 11) is 0. The average Bonchev–Trinajstić information content (AvgIpc) is 3.10. The van der Waals surface area contributed by atoms with Crippen molar-refractivity contribution in [2.24, 2.45) is 0 Å². The highest BCUT2D eigenvalue weighted by molar-refractivity contribution is 6.30. The molecule has 0 aliphatic carbocycles. The fraction of sp³-hybridized carbons (Fsp3) is 0.278. The Morgan fingerprint density at radius 3 is 2.60 bits per heavy atom. The van der Waals surface area contributed by atoms with Crippen molar-refractivity contribution in [2.45, 2.75) is 13.3 Å². The number of pyridine rings is 1. The second-order valence-electron chi connectivity index (χ2n) is 5.53. The molecule has 0 spiro atoms. The molecule has 6 nitrogen and oxygen atoms in total. The number of hydrogen-bond donors (Lipinski definition) is 1. The lowest BCUT2D eigenvalue weighted by Crippen LogP contribution is -2.26. The van der Waals surface area contributed by atoms with Crippen LogP contribution in [-0.2, 0) is 6.42 Å². The summed E-state index contributed by atoms with van der Waals surface area (Å²) in [4.78, 5) is 10.8. The third-order valence-electron chi connectivity index (χ3n) is 3.81. The van der Waals surface area contributed by atoms with Crippen molar-refractivity contribution in [1.82, 2.24) is 15.1 Å². The van der Waals surface area contributed by atoms with Crippen molar-refractivity contribution in [3.05, 3.63) is 59.0 Å². The molecule has 0 aliphatic heterocycles. The molecule has 130 valence electrons. The molecule has 1 aromatic carbocycles. The predicted molar refractivity (Wildman–Crippen MR) is 96.8 cm³/mol. The second-order valence-corrected chi connectivity index (χ2v) is 5.96. The number of rotatable bonds is 7. The second kappa shape index (κ2) is 8.09. The van der Waals surface area contributed by atoms with Gasteiger partial charge < -0.3 is 14.5 Å². The van der Waals surface area contributed by atoms with Crippen LogP contribution in [0.2, 0.25) is 5.02 Å². The summed E-state index contributed by atoms with van der Waals surface area (Å²) in [6.45, 7) is 3.44. The van der Waals surface area contributed by atoms with E-state index in [1.807, 2.05) is 48.2 Å². The molecule has 0 saturated carbocycles. The van der Waals surface area contributed by atoms with Crippen LogP contribution in [0.3, 0.4) is 0 Å². The summed E-state index contributed by atoms with van der Waals surface area (Å²) in [5.41, 5.74) is 1.83. The lowest BCUT2D eigenvalue weighted by Gasteiger charge is -2.20. The van der Waals surface area contributed by atoms with Crippen LogP contribution in [0.1, 0.15) is 18.3 Å². The van der Waals surface area contributed by atoms with Crippen molar-refractivity contribution < 1.29 is 9.63 Å². The Morgan fingerprint density at radius 2 is 1.96 bits per heavy atom. The van der Waals surface area contributed by atoms with Gasteiger partial charge in [0.05, 0.1) is 12.2 Å². The van der Waals surface area contributed by atoms with Crippen LogP contribution in [0.15, 0.2) is 47.1 Å². The monoisotopic (exact) mass is 358 g/mol. The van der Waals surface area contributed by atoms with Gasteiger partial charge in [-0.05, 0) is 36.8 Å². The van der Waals surface area contributed by atoms with E-state index in [4.69, 9.17) is 21.2 Å². The van der Waals surface area contributed by atoms with Gasteiger partial charge in [-0.15, -0.1) is 0 Å². The van der Waals surface area contributed by atoms with Crippen LogP contribution < -0.4 is 4.90 Å². The van der Waals surface area contributed by atoms with Gasteiger partial charge in [0.25, 0.3) is 5.89 Å². The lowest BCUT2D eigenvalue weighted by atomic mass is 10.1. The van der Waals surface area contributed by atoms with Crippen molar-refractivity contribution >= 4 is 17.4 Å². The zero-order valence-corrected chi connectivity index (χ0v) is 14.6. The quantitative estimate of drug-likeness (QED) is 0.699. The molecule has 0 radical (unpaired) electrons. The Labute approximate surface area is 151 Å². The SMILES string of the molecule is CCN(CCO)c1ccc(-c2nc(Cc3ccc(Cl)cc3)no2)cn1. The number of benzene rings is 1. The van der Waals surface area contributed by atoms with Gasteiger partial charge in [0, 0.05) is 30.7 Å². The molecule has 0 aliphatic rings. The molecule has 2 heterocycles. The topological polar surface area (TPSA) is 75.3 Å². The summed E-state index contributed by atoms with van der Waals surface area (Å²) in [6.07, 6.45) is 2.28. The number of hydrogen-bond acceptors (Lipinski definition) is 6. The summed E-state index contributed by atoms with van der Waals surface area (Å²) in [6, 6.07) is 11.3. The Kier molecular flexibility index (Phi) is 5.63. The number of aromatic nitrogens is 3. The van der Waals surface area contributed by atoms with E-state index in [0.29, 0.717) is 29.7 Å². The normalized spacial score (nSPS) is 10.8. The first-order valence-electron chi connectivity index (χ1n) is 8.09. The van der Waals surface area contributed by atoms with Gasteiger partial charge in [-0.1, -0.05) is 28.9 Å². The maximum atomic E-state index is 9.09. The molecule has 3 aromatic rings. The molecular formula is C18H19ClN4O2. The molecule has 2 aromatic heterocycles. The molecule has 0 fully saturated rings. The van der Waals surface area contributed by atoms with E-state index in [9.17, 15) is 0 Å². The number of likely N-dealkylation sites (N-methyl/N-ethyl adjacent to an activating group) is 1. The highest BCUT2D eigenvalue weighted by Crippen LogP contribution is 2.20. The molecule has 0 atom stereocenters. The summed E-state index contributed by atoms with van der Waals surface area (Å²) in [5.74, 6) is 1.85. The van der Waals surface area contributed by atoms with E-state index < -0.39 is 0 Å². The highest BCUT2D eigenvalue weighted by Gasteiger charge is 2.11. The van der Waals surface area contributed by atoms with Crippen LogP contribution >= 0.6 is 11.6 Å². The zero-order valence-electron chi connectivity index (χ0n) is 13.9. The first-order chi connectivity index (χ1) is 12.2. The minimum Gasteiger partial charge on any atom is -0.395 e. The minimum atomic E-state index is 0.0923. The number of aliphatic hydroxyl groups is 1. The van der Waals surface area contributed by atoms with Crippen LogP contribution in [0.25, 0.3) is 11.5 Å². The van der Waals surface area contributed by atoms with Gasteiger partial charge >= 0.3 is 0 Å². The molecule has 3 rings (SSSR count). The van der Waals surface area contributed by atoms with Crippen molar-refractivity contribution in [3.8, 4) is 11.5 Å². The van der Waals surface area contributed by atoms with E-state index in [1.165, 1.54) is 0 Å². The van der Waals surface area contributed by atoms with Crippen molar-refractivity contribution in [1.29, 1.82) is 0 Å². The molecule has 0 amide bonds. The summed E-state index contributed by atoms with van der Waals surface area (Å²) < 4.78 is 5.34. The van der Waals surface area contributed by atoms with Gasteiger partial charge in [0.1, 0.15) is 5.82 Å². The van der Waals surface area contributed by atoms with Gasteiger partial charge in [0.2, 0.25) is 0 Å². The molecule has 25 heavy (non-hydrogen) atoms. The van der Waals surface area contributed by atoms with E-state index >= 15 is 0 Å². The zero-order chi connectivity index (χ0) is 17.6. The van der Waals surface area contributed by atoms with E-state index in [0.717, 1.165) is 23.5 Å². The Hall–Kier alpha value is -2.44. The molecule has 1 N–H and O–H groups in total. The van der Waals surface area contributed by atoms with E-state index in [2.05, 4.69) is 15.1 Å². The maximum absolute atomic E-state index is 9.09. The van der Waals surface area contributed by atoms with Crippen LogP contribution in [0, 0.1) is 0 Å². The third-order valence-corrected chi connectivity index (χ3v) is 4.07. The minimum absolute atomic E-state index is 0.0923. The molecular weight excluding hydrogens is 340 g/mol. The standard InChI is InChI=1S/C18H19ClN4O2/c1-2-23(9-10-24)17-8-5-14(12-20-17)18-21-16(22-25-18)11-13-3-6-15(19)7-4-13/h3-8,12,24H,2,9-11H2,1H3. The smallest absolute Gasteiger partial charge is 0.259 e.